The molecule has 1 amide bonds. The van der Waals surface area contributed by atoms with Crippen LogP contribution in [0.2, 0.25) is 0 Å². The minimum absolute atomic E-state index is 0.0246. The molecule has 0 spiro atoms. The lowest BCUT2D eigenvalue weighted by Gasteiger charge is -2.35. The molecule has 0 unspecified atom stereocenters. The first-order valence-electron chi connectivity index (χ1n) is 8.62. The van der Waals surface area contributed by atoms with Gasteiger partial charge in [0, 0.05) is 37.9 Å². The maximum Gasteiger partial charge on any atom is 0.292 e. The second kappa shape index (κ2) is 6.23. The summed E-state index contributed by atoms with van der Waals surface area (Å²) in [7, 11) is 0. The van der Waals surface area contributed by atoms with Gasteiger partial charge in [-0.15, -0.1) is 0 Å². The van der Waals surface area contributed by atoms with E-state index in [9.17, 15) is 14.9 Å². The Labute approximate surface area is 145 Å². The van der Waals surface area contributed by atoms with Crippen molar-refractivity contribution in [2.45, 2.75) is 19.3 Å². The number of carbonyl (C=O) groups is 1. The number of fused-ring (bicyclic) bond motifs is 1. The maximum atomic E-state index is 12.7. The van der Waals surface area contributed by atoms with Gasteiger partial charge >= 0.3 is 0 Å². The number of aryl methyl sites for hydroxylation is 2. The Morgan fingerprint density at radius 2 is 1.88 bits per heavy atom. The molecule has 4 rings (SSSR count). The number of aromatic nitrogens is 1. The number of nitro groups is 1. The highest BCUT2D eigenvalue weighted by atomic mass is 16.6. The van der Waals surface area contributed by atoms with Crippen LogP contribution in [0.3, 0.4) is 0 Å². The highest BCUT2D eigenvalue weighted by Crippen LogP contribution is 2.29. The Hall–Kier alpha value is -2.83. The first-order valence-corrected chi connectivity index (χ1v) is 8.62. The molecular formula is C18H20N4O3. The van der Waals surface area contributed by atoms with Crippen molar-refractivity contribution in [1.29, 1.82) is 0 Å². The second-order valence-electron chi connectivity index (χ2n) is 6.57. The van der Waals surface area contributed by atoms with Crippen molar-refractivity contribution in [1.82, 2.24) is 9.88 Å². The number of H-pyrrole nitrogens is 1. The van der Waals surface area contributed by atoms with Gasteiger partial charge in [-0.1, -0.05) is 12.1 Å². The summed E-state index contributed by atoms with van der Waals surface area (Å²) in [6.07, 6.45) is 3.22. The van der Waals surface area contributed by atoms with Crippen LogP contribution in [0.4, 0.5) is 11.4 Å². The van der Waals surface area contributed by atoms with Gasteiger partial charge in [-0.2, -0.15) is 0 Å². The molecule has 1 saturated heterocycles. The predicted octanol–water partition coefficient (Wildman–Crippen LogP) is 2.37. The Bertz CT molecular complexity index is 800. The van der Waals surface area contributed by atoms with E-state index in [2.05, 4.69) is 4.98 Å². The van der Waals surface area contributed by atoms with Crippen LogP contribution in [-0.2, 0) is 12.8 Å². The highest BCUT2D eigenvalue weighted by Gasteiger charge is 2.27. The molecule has 2 heterocycles. The second-order valence-corrected chi connectivity index (χ2v) is 6.57. The lowest BCUT2D eigenvalue weighted by molar-refractivity contribution is -0.384. The van der Waals surface area contributed by atoms with E-state index < -0.39 is 0 Å². The number of nitrogens with zero attached hydrogens (tertiary/aromatic N) is 3. The van der Waals surface area contributed by atoms with E-state index >= 15 is 0 Å². The van der Waals surface area contributed by atoms with Crippen LogP contribution in [0.15, 0.2) is 30.3 Å². The molecule has 25 heavy (non-hydrogen) atoms. The van der Waals surface area contributed by atoms with Crippen LogP contribution in [0.25, 0.3) is 0 Å². The number of nitrogens with one attached hydrogen (secondary N) is 1. The zero-order chi connectivity index (χ0) is 17.4. The lowest BCUT2D eigenvalue weighted by Crippen LogP contribution is -2.49. The Morgan fingerprint density at radius 3 is 2.60 bits per heavy atom. The van der Waals surface area contributed by atoms with Crippen molar-refractivity contribution in [2.24, 2.45) is 0 Å². The number of nitro benzene ring substituents is 1. The molecule has 0 bridgehead atoms. The number of aromatic amines is 1. The van der Waals surface area contributed by atoms with E-state index in [1.54, 1.807) is 18.2 Å². The maximum absolute atomic E-state index is 12.7. The average Bonchev–Trinajstić information content (AvgIpc) is 3.23. The van der Waals surface area contributed by atoms with Crippen molar-refractivity contribution in [3.63, 3.8) is 0 Å². The summed E-state index contributed by atoms with van der Waals surface area (Å²) in [6.45, 7) is 2.32. The Balaban J connectivity index is 1.44. The number of hydrogen-bond acceptors (Lipinski definition) is 4. The number of rotatable bonds is 3. The molecule has 0 saturated carbocycles. The highest BCUT2D eigenvalue weighted by molar-refractivity contribution is 5.93. The van der Waals surface area contributed by atoms with Gasteiger partial charge in [0.1, 0.15) is 11.4 Å². The van der Waals surface area contributed by atoms with Gasteiger partial charge in [-0.25, -0.2) is 0 Å². The third kappa shape index (κ3) is 2.86. The largest absolute Gasteiger partial charge is 0.362 e. The molecule has 1 N–H and O–H groups in total. The summed E-state index contributed by atoms with van der Waals surface area (Å²) in [5, 5.41) is 11.2. The number of benzene rings is 1. The lowest BCUT2D eigenvalue weighted by atomic mass is 10.2. The monoisotopic (exact) mass is 340 g/mol. The summed E-state index contributed by atoms with van der Waals surface area (Å²) in [6, 6.07) is 8.75. The molecule has 7 heteroatoms. The van der Waals surface area contributed by atoms with E-state index in [-0.39, 0.29) is 16.5 Å². The standard InChI is InChI=1S/C18H20N4O3/c23-18(15-12-13-4-3-5-14(13)19-15)21-10-8-20(9-11-21)16-6-1-2-7-17(16)22(24)25/h1-2,6-7,12,19H,3-5,8-11H2. The summed E-state index contributed by atoms with van der Waals surface area (Å²) >= 11 is 0. The molecule has 7 nitrogen and oxygen atoms in total. The minimum Gasteiger partial charge on any atom is -0.362 e. The summed E-state index contributed by atoms with van der Waals surface area (Å²) in [4.78, 5) is 30.6. The van der Waals surface area contributed by atoms with Crippen molar-refractivity contribution in [2.75, 3.05) is 31.1 Å². The molecule has 1 aromatic heterocycles. The summed E-state index contributed by atoms with van der Waals surface area (Å²) < 4.78 is 0. The number of carbonyl (C=O) groups excluding carboxylic acids is 1. The van der Waals surface area contributed by atoms with Crippen LogP contribution < -0.4 is 4.90 Å². The number of hydrogen-bond donors (Lipinski definition) is 1. The van der Waals surface area contributed by atoms with Crippen LogP contribution in [0.1, 0.15) is 28.2 Å². The molecule has 1 fully saturated rings. The van der Waals surface area contributed by atoms with Crippen molar-refractivity contribution in [3.05, 3.63) is 57.4 Å². The molecule has 2 aliphatic rings. The Morgan fingerprint density at radius 1 is 1.12 bits per heavy atom. The summed E-state index contributed by atoms with van der Waals surface area (Å²) in [5.41, 5.74) is 3.87. The van der Waals surface area contributed by atoms with E-state index in [1.807, 2.05) is 15.9 Å². The number of anilines is 1. The van der Waals surface area contributed by atoms with Crippen LogP contribution >= 0.6 is 0 Å². The third-order valence-corrected chi connectivity index (χ3v) is 5.08. The minimum atomic E-state index is -0.354. The predicted molar refractivity (Wildman–Crippen MR) is 94.0 cm³/mol. The van der Waals surface area contributed by atoms with Gasteiger partial charge in [0.05, 0.1) is 4.92 Å². The van der Waals surface area contributed by atoms with Crippen molar-refractivity contribution < 1.29 is 9.72 Å². The molecule has 0 radical (unpaired) electrons. The smallest absolute Gasteiger partial charge is 0.292 e. The number of amides is 1. The van der Waals surface area contributed by atoms with E-state index in [0.717, 1.165) is 19.3 Å². The topological polar surface area (TPSA) is 82.5 Å². The van der Waals surface area contributed by atoms with Gasteiger partial charge in [0.2, 0.25) is 0 Å². The third-order valence-electron chi connectivity index (χ3n) is 5.08. The number of piperazine rings is 1. The average molecular weight is 340 g/mol. The normalized spacial score (nSPS) is 16.8. The van der Waals surface area contributed by atoms with E-state index in [4.69, 9.17) is 0 Å². The van der Waals surface area contributed by atoms with Crippen molar-refractivity contribution >= 4 is 17.3 Å². The molecule has 2 aromatic rings. The summed E-state index contributed by atoms with van der Waals surface area (Å²) in [5.74, 6) is 0.0246. The molecule has 130 valence electrons. The molecule has 1 aliphatic carbocycles. The van der Waals surface area contributed by atoms with Gasteiger partial charge in [0.25, 0.3) is 11.6 Å². The Kier molecular flexibility index (Phi) is 3.91. The van der Waals surface area contributed by atoms with Gasteiger partial charge in [-0.3, -0.25) is 14.9 Å². The van der Waals surface area contributed by atoms with Gasteiger partial charge < -0.3 is 14.8 Å². The zero-order valence-electron chi connectivity index (χ0n) is 13.9. The van der Waals surface area contributed by atoms with Crippen LogP contribution in [0, 0.1) is 10.1 Å². The fourth-order valence-electron chi connectivity index (χ4n) is 3.76. The SMILES string of the molecule is O=C(c1cc2c([nH]1)CCC2)N1CCN(c2ccccc2[N+](=O)[O-])CC1. The van der Waals surface area contributed by atoms with E-state index in [0.29, 0.717) is 37.6 Å². The first kappa shape index (κ1) is 15.7. The molecule has 0 atom stereocenters. The van der Waals surface area contributed by atoms with Crippen LogP contribution in [0.5, 0.6) is 0 Å². The van der Waals surface area contributed by atoms with Gasteiger partial charge in [-0.05, 0) is 37.0 Å². The quantitative estimate of drug-likeness (QED) is 0.687. The zero-order valence-corrected chi connectivity index (χ0v) is 13.9. The molecule has 1 aromatic carbocycles. The first-order chi connectivity index (χ1) is 12.1. The fraction of sp³-hybridized carbons (Fsp3) is 0.389. The molecular weight excluding hydrogens is 320 g/mol. The van der Waals surface area contributed by atoms with Crippen molar-refractivity contribution in [3.8, 4) is 0 Å². The molecule has 1 aliphatic heterocycles. The van der Waals surface area contributed by atoms with Crippen LogP contribution in [-0.4, -0.2) is 46.9 Å². The fourth-order valence-corrected chi connectivity index (χ4v) is 3.76. The van der Waals surface area contributed by atoms with Gasteiger partial charge in [0.15, 0.2) is 0 Å². The number of para-hydroxylation sites is 2. The van der Waals surface area contributed by atoms with E-state index in [1.165, 1.54) is 17.3 Å².